The summed E-state index contributed by atoms with van der Waals surface area (Å²) in [6.07, 6.45) is 5.11. The summed E-state index contributed by atoms with van der Waals surface area (Å²) in [7, 11) is 1.99. The van der Waals surface area contributed by atoms with Gasteiger partial charge in [-0.05, 0) is 35.7 Å². The fourth-order valence-corrected chi connectivity index (χ4v) is 3.46. The lowest BCUT2D eigenvalue weighted by Crippen LogP contribution is -2.39. The Morgan fingerprint density at radius 1 is 1.53 bits per heavy atom. The summed E-state index contributed by atoms with van der Waals surface area (Å²) in [6, 6.07) is 0.601. The highest BCUT2D eigenvalue weighted by Crippen LogP contribution is 2.27. The predicted molar refractivity (Wildman–Crippen MR) is 85.1 cm³/mol. The Bertz CT molecular complexity index is 465. The second-order valence-electron chi connectivity index (χ2n) is 5.28. The second kappa shape index (κ2) is 6.33. The molecular formula is C13H21BrN4S. The van der Waals surface area contributed by atoms with E-state index in [-0.39, 0.29) is 0 Å². The van der Waals surface area contributed by atoms with Crippen LogP contribution in [-0.2, 0) is 13.6 Å². The lowest BCUT2D eigenvalue weighted by atomic mass is 10.2. The summed E-state index contributed by atoms with van der Waals surface area (Å²) in [6.45, 7) is 3.55. The monoisotopic (exact) mass is 344 g/mol. The zero-order valence-corrected chi connectivity index (χ0v) is 13.9. The van der Waals surface area contributed by atoms with Crippen LogP contribution in [-0.4, -0.2) is 32.3 Å². The molecule has 1 fully saturated rings. The topological polar surface area (TPSA) is 47.1 Å². The first-order valence-corrected chi connectivity index (χ1v) is 7.89. The van der Waals surface area contributed by atoms with Crippen molar-refractivity contribution in [1.29, 1.82) is 0 Å². The van der Waals surface area contributed by atoms with Crippen molar-refractivity contribution >= 4 is 33.1 Å². The first-order valence-electron chi connectivity index (χ1n) is 6.69. The van der Waals surface area contributed by atoms with Gasteiger partial charge in [-0.3, -0.25) is 9.58 Å². The molecule has 4 nitrogen and oxygen atoms in total. The van der Waals surface area contributed by atoms with Gasteiger partial charge in [-0.1, -0.05) is 25.1 Å². The summed E-state index contributed by atoms with van der Waals surface area (Å²) < 4.78 is 3.04. The molecule has 2 N–H and O–H groups in total. The first kappa shape index (κ1) is 14.9. The first-order chi connectivity index (χ1) is 8.99. The number of hydrogen-bond donors (Lipinski definition) is 1. The predicted octanol–water partition coefficient (Wildman–Crippen LogP) is 2.52. The van der Waals surface area contributed by atoms with Crippen molar-refractivity contribution in [2.24, 2.45) is 12.8 Å². The molecule has 0 aliphatic heterocycles. The molecule has 106 valence electrons. The van der Waals surface area contributed by atoms with E-state index in [1.54, 1.807) is 0 Å². The van der Waals surface area contributed by atoms with Crippen molar-refractivity contribution in [2.75, 3.05) is 6.54 Å². The van der Waals surface area contributed by atoms with E-state index >= 15 is 0 Å². The van der Waals surface area contributed by atoms with Crippen LogP contribution in [0.4, 0.5) is 0 Å². The number of thiocarbonyl (C=S) groups is 1. The Kier molecular flexibility index (Phi) is 4.97. The molecule has 1 saturated carbocycles. The number of aromatic nitrogens is 2. The third kappa shape index (κ3) is 3.55. The van der Waals surface area contributed by atoms with E-state index in [2.05, 4.69) is 25.9 Å². The maximum Gasteiger partial charge on any atom is 0.0870 e. The van der Waals surface area contributed by atoms with Crippen molar-refractivity contribution in [3.05, 3.63) is 15.9 Å². The Morgan fingerprint density at radius 2 is 2.16 bits per heavy atom. The van der Waals surface area contributed by atoms with Crippen LogP contribution in [0, 0.1) is 6.92 Å². The molecule has 0 radical (unpaired) electrons. The average Bonchev–Trinajstić information content (AvgIpc) is 2.92. The van der Waals surface area contributed by atoms with Gasteiger partial charge in [-0.25, -0.2) is 0 Å². The van der Waals surface area contributed by atoms with E-state index in [1.165, 1.54) is 31.4 Å². The van der Waals surface area contributed by atoms with Gasteiger partial charge in [0.15, 0.2) is 0 Å². The number of hydrogen-bond acceptors (Lipinski definition) is 3. The highest BCUT2D eigenvalue weighted by Gasteiger charge is 2.25. The minimum absolute atomic E-state index is 0.571. The molecule has 1 aliphatic carbocycles. The van der Waals surface area contributed by atoms with E-state index in [1.807, 2.05) is 18.7 Å². The van der Waals surface area contributed by atoms with Crippen LogP contribution in [0.25, 0.3) is 0 Å². The largest absolute Gasteiger partial charge is 0.392 e. The molecule has 0 unspecified atom stereocenters. The van der Waals surface area contributed by atoms with Gasteiger partial charge in [0.2, 0.25) is 0 Å². The highest BCUT2D eigenvalue weighted by atomic mass is 79.9. The Labute approximate surface area is 128 Å². The molecule has 6 heteroatoms. The quantitative estimate of drug-likeness (QED) is 0.833. The Balaban J connectivity index is 2.16. The second-order valence-corrected chi connectivity index (χ2v) is 6.60. The molecule has 19 heavy (non-hydrogen) atoms. The zero-order chi connectivity index (χ0) is 14.0. The number of aryl methyl sites for hydroxylation is 2. The van der Waals surface area contributed by atoms with Crippen molar-refractivity contribution in [2.45, 2.75) is 45.2 Å². The lowest BCUT2D eigenvalue weighted by Gasteiger charge is -2.28. The summed E-state index contributed by atoms with van der Waals surface area (Å²) >= 11 is 8.73. The third-order valence-electron chi connectivity index (χ3n) is 3.81. The summed E-state index contributed by atoms with van der Waals surface area (Å²) in [5.41, 5.74) is 7.97. The van der Waals surface area contributed by atoms with Gasteiger partial charge in [-0.2, -0.15) is 5.10 Å². The summed E-state index contributed by atoms with van der Waals surface area (Å²) in [4.78, 5) is 2.97. The van der Waals surface area contributed by atoms with Gasteiger partial charge in [0.1, 0.15) is 0 Å². The van der Waals surface area contributed by atoms with Crippen LogP contribution >= 0.6 is 28.1 Å². The number of nitrogens with zero attached hydrogens (tertiary/aromatic N) is 3. The normalized spacial score (nSPS) is 16.4. The number of nitrogens with two attached hydrogens (primary N) is 1. The average molecular weight is 345 g/mol. The molecule has 1 heterocycles. The summed E-state index contributed by atoms with van der Waals surface area (Å²) in [5.74, 6) is 0. The smallest absolute Gasteiger partial charge is 0.0870 e. The Morgan fingerprint density at radius 3 is 2.63 bits per heavy atom. The highest BCUT2D eigenvalue weighted by molar-refractivity contribution is 9.10. The molecule has 0 amide bonds. The molecule has 1 aromatic rings. The van der Waals surface area contributed by atoms with Crippen LogP contribution < -0.4 is 5.73 Å². The minimum Gasteiger partial charge on any atom is -0.392 e. The van der Waals surface area contributed by atoms with Gasteiger partial charge in [-0.15, -0.1) is 0 Å². The van der Waals surface area contributed by atoms with Crippen LogP contribution in [0.1, 0.15) is 37.1 Å². The van der Waals surface area contributed by atoms with Crippen molar-refractivity contribution in [3.8, 4) is 0 Å². The minimum atomic E-state index is 0.571. The molecular weight excluding hydrogens is 324 g/mol. The summed E-state index contributed by atoms with van der Waals surface area (Å²) in [5, 5.41) is 4.45. The zero-order valence-electron chi connectivity index (χ0n) is 11.5. The van der Waals surface area contributed by atoms with Gasteiger partial charge in [0.25, 0.3) is 0 Å². The van der Waals surface area contributed by atoms with Crippen molar-refractivity contribution in [1.82, 2.24) is 14.7 Å². The van der Waals surface area contributed by atoms with Gasteiger partial charge in [0, 0.05) is 26.2 Å². The number of halogens is 1. The van der Waals surface area contributed by atoms with Crippen molar-refractivity contribution < 1.29 is 0 Å². The van der Waals surface area contributed by atoms with Crippen molar-refractivity contribution in [3.63, 3.8) is 0 Å². The fraction of sp³-hybridized carbons (Fsp3) is 0.692. The number of rotatable bonds is 5. The Hall–Kier alpha value is -0.460. The van der Waals surface area contributed by atoms with Crippen LogP contribution in [0.2, 0.25) is 0 Å². The molecule has 0 aromatic carbocycles. The van der Waals surface area contributed by atoms with Crippen LogP contribution in [0.15, 0.2) is 4.47 Å². The molecule has 1 aliphatic rings. The molecule has 2 rings (SSSR count). The molecule has 0 bridgehead atoms. The molecule has 0 spiro atoms. The lowest BCUT2D eigenvalue weighted by molar-refractivity contribution is 0.213. The standard InChI is InChI=1S/C13H21BrN4S/c1-9-13(14)11(17(2)16-9)7-18(8-12(15)19)10-5-3-4-6-10/h10H,3-8H2,1-2H3,(H2,15,19). The maximum absolute atomic E-state index is 5.75. The van der Waals surface area contributed by atoms with Crippen LogP contribution in [0.3, 0.4) is 0 Å². The molecule has 0 saturated heterocycles. The maximum atomic E-state index is 5.75. The molecule has 1 aromatic heterocycles. The molecule has 0 atom stereocenters. The van der Waals surface area contributed by atoms with E-state index in [4.69, 9.17) is 18.0 Å². The van der Waals surface area contributed by atoms with E-state index in [0.717, 1.165) is 16.7 Å². The van der Waals surface area contributed by atoms with Gasteiger partial charge < -0.3 is 5.73 Å². The van der Waals surface area contributed by atoms with Gasteiger partial charge >= 0.3 is 0 Å². The SMILES string of the molecule is Cc1nn(C)c(CN(CC(N)=S)C2CCCC2)c1Br. The van der Waals surface area contributed by atoms with E-state index < -0.39 is 0 Å². The third-order valence-corrected chi connectivity index (χ3v) is 4.98. The van der Waals surface area contributed by atoms with E-state index in [0.29, 0.717) is 17.6 Å². The van der Waals surface area contributed by atoms with E-state index in [9.17, 15) is 0 Å². The fourth-order valence-electron chi connectivity index (χ4n) is 2.83. The van der Waals surface area contributed by atoms with Gasteiger partial charge in [0.05, 0.1) is 20.8 Å². The van der Waals surface area contributed by atoms with Crippen LogP contribution in [0.5, 0.6) is 0 Å².